The minimum atomic E-state index is 0.107. The molecule has 0 radical (unpaired) electrons. The highest BCUT2D eigenvalue weighted by Gasteiger charge is 2.14. The fourth-order valence-corrected chi connectivity index (χ4v) is 2.60. The summed E-state index contributed by atoms with van der Waals surface area (Å²) in [5, 5.41) is 15.3. The van der Waals surface area contributed by atoms with Crippen molar-refractivity contribution in [3.63, 3.8) is 0 Å². The van der Waals surface area contributed by atoms with Gasteiger partial charge in [0.15, 0.2) is 5.96 Å². The van der Waals surface area contributed by atoms with Gasteiger partial charge < -0.3 is 15.7 Å². The molecule has 1 atom stereocenters. The molecule has 0 aromatic rings. The van der Waals surface area contributed by atoms with Gasteiger partial charge in [-0.05, 0) is 25.5 Å². The molecule has 0 saturated carbocycles. The monoisotopic (exact) mass is 231 g/mol. The zero-order valence-electron chi connectivity index (χ0n) is 9.33. The molecule has 0 spiro atoms. The maximum Gasteiger partial charge on any atom is 0.191 e. The van der Waals surface area contributed by atoms with Gasteiger partial charge in [0.2, 0.25) is 0 Å². The van der Waals surface area contributed by atoms with Gasteiger partial charge in [-0.15, -0.1) is 0 Å². The average molecular weight is 231 g/mol. The molecule has 0 bridgehead atoms. The van der Waals surface area contributed by atoms with E-state index in [0.29, 0.717) is 12.6 Å². The van der Waals surface area contributed by atoms with Crippen molar-refractivity contribution in [1.82, 2.24) is 10.6 Å². The molecule has 15 heavy (non-hydrogen) atoms. The van der Waals surface area contributed by atoms with E-state index in [0.717, 1.165) is 18.3 Å². The number of aliphatic hydroxyl groups excluding tert-OH is 1. The molecule has 1 saturated heterocycles. The van der Waals surface area contributed by atoms with E-state index in [2.05, 4.69) is 15.6 Å². The largest absolute Gasteiger partial charge is 0.394 e. The smallest absolute Gasteiger partial charge is 0.191 e. The molecule has 1 aliphatic heterocycles. The van der Waals surface area contributed by atoms with Crippen molar-refractivity contribution in [2.45, 2.75) is 25.8 Å². The summed E-state index contributed by atoms with van der Waals surface area (Å²) in [4.78, 5) is 4.26. The Morgan fingerprint density at radius 1 is 1.60 bits per heavy atom. The van der Waals surface area contributed by atoms with Crippen LogP contribution in [-0.2, 0) is 0 Å². The second-order valence-corrected chi connectivity index (χ2v) is 4.69. The maximum atomic E-state index is 8.72. The van der Waals surface area contributed by atoms with E-state index in [-0.39, 0.29) is 6.61 Å². The Morgan fingerprint density at radius 2 is 2.47 bits per heavy atom. The molecule has 88 valence electrons. The predicted octanol–water partition coefficient (Wildman–Crippen LogP) is 0.429. The third kappa shape index (κ3) is 5.28. The molecule has 1 rings (SSSR count). The highest BCUT2D eigenvalue weighted by molar-refractivity contribution is 7.99. The minimum absolute atomic E-state index is 0.107. The number of aliphatic hydroxyl groups is 1. The van der Waals surface area contributed by atoms with Crippen LogP contribution in [0.4, 0.5) is 0 Å². The van der Waals surface area contributed by atoms with E-state index in [4.69, 9.17) is 5.11 Å². The molecule has 1 aliphatic rings. The van der Waals surface area contributed by atoms with Crippen molar-refractivity contribution in [2.75, 3.05) is 31.2 Å². The van der Waals surface area contributed by atoms with Crippen molar-refractivity contribution in [3.05, 3.63) is 0 Å². The van der Waals surface area contributed by atoms with Gasteiger partial charge in [-0.2, -0.15) is 11.8 Å². The number of rotatable bonds is 4. The molecule has 1 fully saturated rings. The zero-order valence-corrected chi connectivity index (χ0v) is 10.1. The molecule has 3 N–H and O–H groups in total. The van der Waals surface area contributed by atoms with E-state index >= 15 is 0 Å². The summed E-state index contributed by atoms with van der Waals surface area (Å²) in [5.74, 6) is 3.27. The normalized spacial score (nSPS) is 22.5. The molecule has 4 nitrogen and oxygen atoms in total. The van der Waals surface area contributed by atoms with E-state index in [1.165, 1.54) is 18.6 Å². The van der Waals surface area contributed by atoms with Crippen LogP contribution in [0, 0.1) is 0 Å². The van der Waals surface area contributed by atoms with Crippen molar-refractivity contribution < 1.29 is 5.11 Å². The predicted molar refractivity (Wildman–Crippen MR) is 66.5 cm³/mol. The number of guanidine groups is 1. The van der Waals surface area contributed by atoms with Gasteiger partial charge in [-0.25, -0.2) is 0 Å². The molecule has 1 unspecified atom stereocenters. The molecule has 0 aromatic carbocycles. The number of nitrogens with zero attached hydrogens (tertiary/aromatic N) is 1. The lowest BCUT2D eigenvalue weighted by Gasteiger charge is -2.24. The fraction of sp³-hybridized carbons (Fsp3) is 0.900. The summed E-state index contributed by atoms with van der Waals surface area (Å²) in [6.45, 7) is 3.48. The number of thioether (sulfide) groups is 1. The minimum Gasteiger partial charge on any atom is -0.394 e. The number of hydrogen-bond acceptors (Lipinski definition) is 3. The van der Waals surface area contributed by atoms with Crippen LogP contribution in [0.2, 0.25) is 0 Å². The Labute approximate surface area is 95.9 Å². The SMILES string of the molecule is CCNC(=NCCO)NC1CCCSC1. The Morgan fingerprint density at radius 3 is 3.07 bits per heavy atom. The van der Waals surface area contributed by atoms with Crippen LogP contribution in [0.25, 0.3) is 0 Å². The molecule has 0 aliphatic carbocycles. The first-order valence-corrected chi connectivity index (χ1v) is 6.75. The molecule has 5 heteroatoms. The van der Waals surface area contributed by atoms with Crippen molar-refractivity contribution >= 4 is 17.7 Å². The second-order valence-electron chi connectivity index (χ2n) is 3.54. The Hall–Kier alpha value is -0.420. The molecular weight excluding hydrogens is 210 g/mol. The molecule has 1 heterocycles. The zero-order chi connectivity index (χ0) is 10.9. The third-order valence-electron chi connectivity index (χ3n) is 2.22. The standard InChI is InChI=1S/C10H21N3OS/c1-2-11-10(12-5-6-14)13-9-4-3-7-15-8-9/h9,14H,2-8H2,1H3,(H2,11,12,13). The fourth-order valence-electron chi connectivity index (χ4n) is 1.53. The van der Waals surface area contributed by atoms with Gasteiger partial charge in [0.05, 0.1) is 13.2 Å². The highest BCUT2D eigenvalue weighted by Crippen LogP contribution is 2.16. The Bertz CT molecular complexity index is 193. The van der Waals surface area contributed by atoms with Crippen molar-refractivity contribution in [1.29, 1.82) is 0 Å². The van der Waals surface area contributed by atoms with E-state index in [1.54, 1.807) is 0 Å². The number of nitrogens with one attached hydrogen (secondary N) is 2. The van der Waals surface area contributed by atoms with E-state index < -0.39 is 0 Å². The summed E-state index contributed by atoms with van der Waals surface area (Å²) < 4.78 is 0. The highest BCUT2D eigenvalue weighted by atomic mass is 32.2. The van der Waals surface area contributed by atoms with Crippen LogP contribution in [0.15, 0.2) is 4.99 Å². The summed E-state index contributed by atoms with van der Waals surface area (Å²) in [6.07, 6.45) is 2.50. The van der Waals surface area contributed by atoms with E-state index in [1.807, 2.05) is 18.7 Å². The van der Waals surface area contributed by atoms with Crippen LogP contribution in [0.5, 0.6) is 0 Å². The van der Waals surface area contributed by atoms with Gasteiger partial charge in [0.1, 0.15) is 0 Å². The quantitative estimate of drug-likeness (QED) is 0.485. The van der Waals surface area contributed by atoms with Crippen molar-refractivity contribution in [3.8, 4) is 0 Å². The van der Waals surface area contributed by atoms with Gasteiger partial charge in [-0.1, -0.05) is 0 Å². The van der Waals surface area contributed by atoms with Crippen LogP contribution >= 0.6 is 11.8 Å². The first-order chi connectivity index (χ1) is 7.36. The lowest BCUT2D eigenvalue weighted by molar-refractivity contribution is 0.306. The topological polar surface area (TPSA) is 56.7 Å². The first-order valence-electron chi connectivity index (χ1n) is 5.60. The average Bonchev–Trinajstić information content (AvgIpc) is 2.28. The molecule has 0 aromatic heterocycles. The van der Waals surface area contributed by atoms with Crippen LogP contribution in [-0.4, -0.2) is 48.3 Å². The van der Waals surface area contributed by atoms with Gasteiger partial charge in [0.25, 0.3) is 0 Å². The summed E-state index contributed by atoms with van der Waals surface area (Å²) >= 11 is 1.99. The van der Waals surface area contributed by atoms with Gasteiger partial charge in [-0.3, -0.25) is 4.99 Å². The van der Waals surface area contributed by atoms with Crippen molar-refractivity contribution in [2.24, 2.45) is 4.99 Å². The van der Waals surface area contributed by atoms with Crippen LogP contribution in [0.1, 0.15) is 19.8 Å². The number of hydrogen-bond donors (Lipinski definition) is 3. The van der Waals surface area contributed by atoms with Crippen LogP contribution in [0.3, 0.4) is 0 Å². The third-order valence-corrected chi connectivity index (χ3v) is 3.43. The maximum absolute atomic E-state index is 8.72. The first kappa shape index (κ1) is 12.6. The Kier molecular flexibility index (Phi) is 6.59. The summed E-state index contributed by atoms with van der Waals surface area (Å²) in [6, 6.07) is 0.528. The van der Waals surface area contributed by atoms with Gasteiger partial charge in [0, 0.05) is 18.3 Å². The van der Waals surface area contributed by atoms with E-state index in [9.17, 15) is 0 Å². The molecule has 0 amide bonds. The van der Waals surface area contributed by atoms with Gasteiger partial charge >= 0.3 is 0 Å². The Balaban J connectivity index is 2.34. The van der Waals surface area contributed by atoms with Crippen LogP contribution < -0.4 is 10.6 Å². The lowest BCUT2D eigenvalue weighted by Crippen LogP contribution is -2.45. The second kappa shape index (κ2) is 7.82. The summed E-state index contributed by atoms with van der Waals surface area (Å²) in [5.41, 5.74) is 0. The lowest BCUT2D eigenvalue weighted by atomic mass is 10.2. The summed E-state index contributed by atoms with van der Waals surface area (Å²) in [7, 11) is 0. The molecular formula is C10H21N3OS. The number of aliphatic imine (C=N–C) groups is 1.